The Kier molecular flexibility index (Phi) is 6.97. The second-order valence-electron chi connectivity index (χ2n) is 7.16. The van der Waals surface area contributed by atoms with E-state index in [1.807, 2.05) is 31.2 Å². The first kappa shape index (κ1) is 21.7. The van der Waals surface area contributed by atoms with Crippen LogP contribution in [-0.4, -0.2) is 54.4 Å². The monoisotopic (exact) mass is 420 g/mol. The van der Waals surface area contributed by atoms with E-state index in [0.717, 1.165) is 23.4 Å². The highest BCUT2D eigenvalue weighted by Crippen LogP contribution is 2.18. The third-order valence-electron chi connectivity index (χ3n) is 5.01. The summed E-state index contributed by atoms with van der Waals surface area (Å²) in [5.74, 6) is -4.51. The molecule has 1 aliphatic rings. The van der Waals surface area contributed by atoms with E-state index in [0.29, 0.717) is 32.5 Å². The van der Waals surface area contributed by atoms with Crippen LogP contribution < -0.4 is 4.74 Å². The number of carbonyl (C=O) groups excluding carboxylic acids is 2. The maximum atomic E-state index is 13.8. The third-order valence-corrected chi connectivity index (χ3v) is 5.01. The van der Waals surface area contributed by atoms with Crippen LogP contribution in [0.15, 0.2) is 36.4 Å². The van der Waals surface area contributed by atoms with Gasteiger partial charge in [0.15, 0.2) is 17.5 Å². The molecule has 0 radical (unpaired) electrons. The maximum Gasteiger partial charge on any atom is 0.257 e. The van der Waals surface area contributed by atoms with Crippen LogP contribution >= 0.6 is 0 Å². The molecule has 1 heterocycles. The molecule has 2 amide bonds. The number of halogens is 3. The number of hydrogen-bond donors (Lipinski definition) is 0. The van der Waals surface area contributed by atoms with Crippen LogP contribution in [0, 0.1) is 24.4 Å². The van der Waals surface area contributed by atoms with Gasteiger partial charge in [0.2, 0.25) is 5.91 Å². The summed E-state index contributed by atoms with van der Waals surface area (Å²) >= 11 is 0. The molecule has 0 saturated carbocycles. The molecule has 8 heteroatoms. The molecule has 2 aromatic rings. The molecule has 160 valence electrons. The van der Waals surface area contributed by atoms with Gasteiger partial charge in [-0.25, -0.2) is 13.2 Å². The zero-order valence-corrected chi connectivity index (χ0v) is 16.7. The van der Waals surface area contributed by atoms with Crippen molar-refractivity contribution in [2.45, 2.75) is 19.8 Å². The van der Waals surface area contributed by atoms with Crippen LogP contribution in [0.5, 0.6) is 5.75 Å². The number of amides is 2. The topological polar surface area (TPSA) is 49.9 Å². The molecule has 0 spiro atoms. The van der Waals surface area contributed by atoms with Gasteiger partial charge in [-0.2, -0.15) is 0 Å². The number of nitrogens with zero attached hydrogens (tertiary/aromatic N) is 2. The first-order valence-electron chi connectivity index (χ1n) is 9.77. The van der Waals surface area contributed by atoms with Gasteiger partial charge in [-0.15, -0.1) is 0 Å². The fourth-order valence-electron chi connectivity index (χ4n) is 3.23. The summed E-state index contributed by atoms with van der Waals surface area (Å²) in [5.41, 5.74) is 0.629. The van der Waals surface area contributed by atoms with Gasteiger partial charge in [-0.05, 0) is 37.6 Å². The van der Waals surface area contributed by atoms with Gasteiger partial charge < -0.3 is 14.5 Å². The fraction of sp³-hybridized carbons (Fsp3) is 0.364. The number of piperazine rings is 1. The third kappa shape index (κ3) is 5.11. The lowest BCUT2D eigenvalue weighted by atomic mass is 10.1. The normalized spacial score (nSPS) is 14.0. The fourth-order valence-corrected chi connectivity index (χ4v) is 3.23. The second kappa shape index (κ2) is 9.65. The largest absolute Gasteiger partial charge is 0.494 e. The van der Waals surface area contributed by atoms with Gasteiger partial charge in [0.1, 0.15) is 5.75 Å². The van der Waals surface area contributed by atoms with Gasteiger partial charge in [-0.1, -0.05) is 17.7 Å². The molecule has 1 saturated heterocycles. The Balaban J connectivity index is 1.43. The summed E-state index contributed by atoms with van der Waals surface area (Å²) in [5, 5.41) is 0. The lowest BCUT2D eigenvalue weighted by Gasteiger charge is -2.35. The molecule has 0 atom stereocenters. The summed E-state index contributed by atoms with van der Waals surface area (Å²) in [4.78, 5) is 27.7. The van der Waals surface area contributed by atoms with Crippen molar-refractivity contribution in [1.29, 1.82) is 0 Å². The molecule has 0 N–H and O–H groups in total. The summed E-state index contributed by atoms with van der Waals surface area (Å²) < 4.78 is 45.9. The first-order chi connectivity index (χ1) is 14.4. The van der Waals surface area contributed by atoms with E-state index in [1.54, 1.807) is 4.90 Å². The summed E-state index contributed by atoms with van der Waals surface area (Å²) in [6.45, 7) is 3.40. The molecular weight excluding hydrogens is 397 g/mol. The number of ether oxygens (including phenoxy) is 1. The van der Waals surface area contributed by atoms with Crippen LogP contribution in [0.25, 0.3) is 0 Å². The Labute approximate surface area is 173 Å². The lowest BCUT2D eigenvalue weighted by Crippen LogP contribution is -2.50. The average Bonchev–Trinajstić information content (AvgIpc) is 2.76. The van der Waals surface area contributed by atoms with Crippen LogP contribution in [0.2, 0.25) is 0 Å². The number of rotatable bonds is 6. The summed E-state index contributed by atoms with van der Waals surface area (Å²) in [7, 11) is 0. The molecule has 0 aliphatic carbocycles. The predicted molar refractivity (Wildman–Crippen MR) is 105 cm³/mol. The quantitative estimate of drug-likeness (QED) is 0.531. The number of aryl methyl sites for hydroxylation is 1. The van der Waals surface area contributed by atoms with Crippen molar-refractivity contribution in [3.8, 4) is 5.75 Å². The number of benzene rings is 2. The Morgan fingerprint density at radius 2 is 1.53 bits per heavy atom. The molecule has 0 unspecified atom stereocenters. The van der Waals surface area contributed by atoms with E-state index in [-0.39, 0.29) is 19.0 Å². The van der Waals surface area contributed by atoms with Crippen LogP contribution in [0.1, 0.15) is 28.8 Å². The van der Waals surface area contributed by atoms with Gasteiger partial charge in [0, 0.05) is 32.6 Å². The van der Waals surface area contributed by atoms with E-state index in [9.17, 15) is 22.8 Å². The van der Waals surface area contributed by atoms with Crippen molar-refractivity contribution in [3.63, 3.8) is 0 Å². The zero-order chi connectivity index (χ0) is 21.7. The Morgan fingerprint density at radius 1 is 0.900 bits per heavy atom. The van der Waals surface area contributed by atoms with Crippen molar-refractivity contribution < 1.29 is 27.5 Å². The van der Waals surface area contributed by atoms with Crippen molar-refractivity contribution in [1.82, 2.24) is 9.80 Å². The minimum absolute atomic E-state index is 0.0476. The molecule has 2 aromatic carbocycles. The van der Waals surface area contributed by atoms with Crippen LogP contribution in [0.3, 0.4) is 0 Å². The lowest BCUT2D eigenvalue weighted by molar-refractivity contribution is -0.132. The Morgan fingerprint density at radius 3 is 2.20 bits per heavy atom. The SMILES string of the molecule is Cc1ccc(OCCCC(=O)N2CCN(C(=O)c3ccc(F)c(F)c3F)CC2)cc1. The van der Waals surface area contributed by atoms with E-state index in [2.05, 4.69) is 0 Å². The van der Waals surface area contributed by atoms with Crippen molar-refractivity contribution in [2.24, 2.45) is 0 Å². The molecule has 1 aliphatic heterocycles. The predicted octanol–water partition coefficient (Wildman–Crippen LogP) is 3.56. The van der Waals surface area contributed by atoms with Crippen molar-refractivity contribution in [3.05, 3.63) is 65.0 Å². The van der Waals surface area contributed by atoms with E-state index in [1.165, 1.54) is 4.90 Å². The van der Waals surface area contributed by atoms with E-state index < -0.39 is 28.9 Å². The smallest absolute Gasteiger partial charge is 0.257 e. The second-order valence-corrected chi connectivity index (χ2v) is 7.16. The van der Waals surface area contributed by atoms with Gasteiger partial charge in [-0.3, -0.25) is 9.59 Å². The van der Waals surface area contributed by atoms with Gasteiger partial charge >= 0.3 is 0 Å². The molecular formula is C22H23F3N2O3. The molecule has 0 bridgehead atoms. The maximum absolute atomic E-state index is 13.8. The number of hydrogen-bond acceptors (Lipinski definition) is 3. The summed E-state index contributed by atoms with van der Waals surface area (Å²) in [6, 6.07) is 9.32. The van der Waals surface area contributed by atoms with E-state index >= 15 is 0 Å². The van der Waals surface area contributed by atoms with Gasteiger partial charge in [0.05, 0.1) is 12.2 Å². The standard InChI is InChI=1S/C22H23F3N2O3/c1-15-4-6-16(7-5-15)30-14-2-3-19(28)26-10-12-27(13-11-26)22(29)17-8-9-18(23)21(25)20(17)24/h4-9H,2-3,10-14H2,1H3. The summed E-state index contributed by atoms with van der Waals surface area (Å²) in [6.07, 6.45) is 0.879. The molecule has 30 heavy (non-hydrogen) atoms. The Bertz CT molecular complexity index is 911. The van der Waals surface area contributed by atoms with Crippen LogP contribution in [0.4, 0.5) is 13.2 Å². The molecule has 0 aromatic heterocycles. The average molecular weight is 420 g/mol. The highest BCUT2D eigenvalue weighted by molar-refractivity contribution is 5.94. The molecule has 3 rings (SSSR count). The minimum atomic E-state index is -1.66. The van der Waals surface area contributed by atoms with Crippen molar-refractivity contribution in [2.75, 3.05) is 32.8 Å². The zero-order valence-electron chi connectivity index (χ0n) is 16.7. The Hall–Kier alpha value is -3.03. The van der Waals surface area contributed by atoms with Gasteiger partial charge in [0.25, 0.3) is 5.91 Å². The number of carbonyl (C=O) groups is 2. The van der Waals surface area contributed by atoms with Crippen LogP contribution in [-0.2, 0) is 4.79 Å². The van der Waals surface area contributed by atoms with E-state index in [4.69, 9.17) is 4.74 Å². The van der Waals surface area contributed by atoms with Crippen molar-refractivity contribution >= 4 is 11.8 Å². The molecule has 1 fully saturated rings. The highest BCUT2D eigenvalue weighted by Gasteiger charge is 2.27. The molecule has 5 nitrogen and oxygen atoms in total. The minimum Gasteiger partial charge on any atom is -0.494 e. The highest BCUT2D eigenvalue weighted by atomic mass is 19.2. The first-order valence-corrected chi connectivity index (χ1v) is 9.77.